The Morgan fingerprint density at radius 1 is 1.10 bits per heavy atom. The van der Waals surface area contributed by atoms with Gasteiger partial charge in [0.15, 0.2) is 0 Å². The van der Waals surface area contributed by atoms with Crippen molar-refractivity contribution < 1.29 is 9.53 Å². The minimum atomic E-state index is -0.160. The molecule has 1 fully saturated rings. The third-order valence-corrected chi connectivity index (χ3v) is 5.76. The van der Waals surface area contributed by atoms with E-state index in [1.165, 1.54) is 11.3 Å². The number of hydrogen-bond donors (Lipinski definition) is 1. The van der Waals surface area contributed by atoms with Crippen LogP contribution < -0.4 is 10.1 Å². The van der Waals surface area contributed by atoms with Crippen LogP contribution in [-0.2, 0) is 17.9 Å². The molecule has 0 atom stereocenters. The number of ether oxygens (including phenoxy) is 1. The second-order valence-electron chi connectivity index (χ2n) is 6.97. The molecule has 0 radical (unpaired) electrons. The van der Waals surface area contributed by atoms with E-state index in [0.717, 1.165) is 34.6 Å². The van der Waals surface area contributed by atoms with E-state index in [1.54, 1.807) is 0 Å². The Hall–Kier alpha value is -3.26. The van der Waals surface area contributed by atoms with E-state index >= 15 is 0 Å². The highest BCUT2D eigenvalue weighted by Gasteiger charge is 2.27. The Balaban J connectivity index is 1.35. The van der Waals surface area contributed by atoms with Crippen LogP contribution >= 0.6 is 11.3 Å². The molecule has 7 nitrogen and oxygen atoms in total. The van der Waals surface area contributed by atoms with E-state index in [1.807, 2.05) is 59.2 Å². The number of amides is 1. The smallest absolute Gasteiger partial charge is 0.246 e. The fourth-order valence-electron chi connectivity index (χ4n) is 3.16. The number of carbonyl (C=O) groups excluding carboxylic acids is 1. The number of anilines is 1. The van der Waals surface area contributed by atoms with Crippen molar-refractivity contribution >= 4 is 33.4 Å². The first-order valence-corrected chi connectivity index (χ1v) is 10.3. The van der Waals surface area contributed by atoms with Crippen LogP contribution in [0.25, 0.3) is 11.0 Å². The molecule has 1 aliphatic rings. The van der Waals surface area contributed by atoms with E-state index in [0.29, 0.717) is 16.9 Å². The molecule has 1 saturated carbocycles. The largest absolute Gasteiger partial charge is 0.486 e. The molecule has 5 rings (SSSR count). The monoisotopic (exact) mass is 405 g/mol. The Morgan fingerprint density at radius 2 is 1.90 bits per heavy atom. The maximum absolute atomic E-state index is 12.7. The van der Waals surface area contributed by atoms with Crippen molar-refractivity contribution in [3.63, 3.8) is 0 Å². The van der Waals surface area contributed by atoms with E-state index in [4.69, 9.17) is 4.74 Å². The summed E-state index contributed by atoms with van der Waals surface area (Å²) in [7, 11) is 0. The Kier molecular flexibility index (Phi) is 4.69. The highest BCUT2D eigenvalue weighted by Crippen LogP contribution is 2.42. The van der Waals surface area contributed by atoms with Crippen LogP contribution in [0.1, 0.15) is 29.6 Å². The van der Waals surface area contributed by atoms with Crippen molar-refractivity contribution in [3.05, 3.63) is 65.4 Å². The van der Waals surface area contributed by atoms with Gasteiger partial charge in [-0.1, -0.05) is 41.7 Å². The molecule has 2 heterocycles. The lowest BCUT2D eigenvalue weighted by Crippen LogP contribution is -2.20. The zero-order valence-corrected chi connectivity index (χ0v) is 16.4. The molecule has 1 aliphatic carbocycles. The van der Waals surface area contributed by atoms with Gasteiger partial charge in [-0.3, -0.25) is 10.1 Å². The zero-order valence-electron chi connectivity index (χ0n) is 15.6. The number of nitrogens with zero attached hydrogens (tertiary/aromatic N) is 4. The van der Waals surface area contributed by atoms with Crippen LogP contribution in [0.5, 0.6) is 5.75 Å². The second kappa shape index (κ2) is 7.63. The van der Waals surface area contributed by atoms with Crippen molar-refractivity contribution in [2.45, 2.75) is 31.9 Å². The van der Waals surface area contributed by atoms with Gasteiger partial charge in [0, 0.05) is 5.92 Å². The molecule has 0 saturated heterocycles. The quantitative estimate of drug-likeness (QED) is 0.503. The third-order valence-electron chi connectivity index (χ3n) is 4.76. The van der Waals surface area contributed by atoms with E-state index in [9.17, 15) is 4.79 Å². The topological polar surface area (TPSA) is 81.9 Å². The van der Waals surface area contributed by atoms with Crippen molar-refractivity contribution in [2.75, 3.05) is 5.32 Å². The number of aromatic nitrogens is 4. The summed E-state index contributed by atoms with van der Waals surface area (Å²) in [6, 6.07) is 17.3. The molecule has 0 spiro atoms. The summed E-state index contributed by atoms with van der Waals surface area (Å²) in [5.74, 6) is 1.82. The SMILES string of the molecule is O=C(Cn1c(COc2ccccc2)nc2ccccc21)Nc1nnc(C2CC2)s1. The lowest BCUT2D eigenvalue weighted by Gasteiger charge is -2.10. The summed E-state index contributed by atoms with van der Waals surface area (Å²) in [4.78, 5) is 17.3. The molecule has 0 bridgehead atoms. The highest BCUT2D eigenvalue weighted by atomic mass is 32.1. The average molecular weight is 405 g/mol. The summed E-state index contributed by atoms with van der Waals surface area (Å²) in [5, 5.41) is 12.7. The van der Waals surface area contributed by atoms with Gasteiger partial charge in [0.25, 0.3) is 0 Å². The van der Waals surface area contributed by atoms with Gasteiger partial charge in [0.05, 0.1) is 11.0 Å². The maximum Gasteiger partial charge on any atom is 0.246 e. The van der Waals surface area contributed by atoms with Gasteiger partial charge in [-0.15, -0.1) is 10.2 Å². The molecule has 2 aromatic heterocycles. The van der Waals surface area contributed by atoms with Gasteiger partial charge in [-0.2, -0.15) is 0 Å². The molecule has 8 heteroatoms. The lowest BCUT2D eigenvalue weighted by atomic mass is 10.3. The number of carbonyl (C=O) groups is 1. The molecular formula is C21H19N5O2S. The van der Waals surface area contributed by atoms with Crippen molar-refractivity contribution in [3.8, 4) is 5.75 Å². The van der Waals surface area contributed by atoms with Crippen LogP contribution in [-0.4, -0.2) is 25.7 Å². The first kappa shape index (κ1) is 17.8. The summed E-state index contributed by atoms with van der Waals surface area (Å²) in [6.07, 6.45) is 2.32. The second-order valence-corrected chi connectivity index (χ2v) is 7.98. The van der Waals surface area contributed by atoms with Gasteiger partial charge < -0.3 is 9.30 Å². The molecule has 146 valence electrons. The summed E-state index contributed by atoms with van der Waals surface area (Å²) < 4.78 is 7.75. The van der Waals surface area contributed by atoms with Gasteiger partial charge in [0.1, 0.15) is 29.7 Å². The molecule has 29 heavy (non-hydrogen) atoms. The Bertz CT molecular complexity index is 1150. The molecule has 0 unspecified atom stereocenters. The maximum atomic E-state index is 12.7. The van der Waals surface area contributed by atoms with Crippen LogP contribution in [0.3, 0.4) is 0 Å². The number of fused-ring (bicyclic) bond motifs is 1. The molecule has 2 aromatic carbocycles. The first-order valence-electron chi connectivity index (χ1n) is 9.51. The number of rotatable bonds is 7. The molecule has 0 aliphatic heterocycles. The van der Waals surface area contributed by atoms with Gasteiger partial charge in [-0.25, -0.2) is 4.98 Å². The number of benzene rings is 2. The summed E-state index contributed by atoms with van der Waals surface area (Å²) >= 11 is 1.46. The normalized spacial score (nSPS) is 13.5. The fraction of sp³-hybridized carbons (Fsp3) is 0.238. The van der Waals surface area contributed by atoms with Gasteiger partial charge in [-0.05, 0) is 37.1 Å². The number of para-hydroxylation sites is 3. The van der Waals surface area contributed by atoms with Crippen molar-refractivity contribution in [1.29, 1.82) is 0 Å². The molecule has 1 amide bonds. The predicted molar refractivity (Wildman–Crippen MR) is 111 cm³/mol. The number of nitrogens with one attached hydrogen (secondary N) is 1. The minimum Gasteiger partial charge on any atom is -0.486 e. The predicted octanol–water partition coefficient (Wildman–Crippen LogP) is 3.98. The van der Waals surface area contributed by atoms with Gasteiger partial charge >= 0.3 is 0 Å². The lowest BCUT2D eigenvalue weighted by molar-refractivity contribution is -0.116. The van der Waals surface area contributed by atoms with Crippen LogP contribution in [0.4, 0.5) is 5.13 Å². The average Bonchev–Trinajstić information content (AvgIpc) is 3.40. The zero-order chi connectivity index (χ0) is 19.6. The van der Waals surface area contributed by atoms with E-state index in [2.05, 4.69) is 20.5 Å². The third kappa shape index (κ3) is 3.97. The summed E-state index contributed by atoms with van der Waals surface area (Å²) in [6.45, 7) is 0.406. The van der Waals surface area contributed by atoms with Crippen molar-refractivity contribution in [2.24, 2.45) is 0 Å². The van der Waals surface area contributed by atoms with Crippen LogP contribution in [0, 0.1) is 0 Å². The van der Waals surface area contributed by atoms with Crippen molar-refractivity contribution in [1.82, 2.24) is 19.7 Å². The van der Waals surface area contributed by atoms with E-state index in [-0.39, 0.29) is 19.1 Å². The number of imidazole rings is 1. The molecule has 4 aromatic rings. The summed E-state index contributed by atoms with van der Waals surface area (Å²) in [5.41, 5.74) is 1.73. The fourth-order valence-corrected chi connectivity index (χ4v) is 4.09. The highest BCUT2D eigenvalue weighted by molar-refractivity contribution is 7.15. The Morgan fingerprint density at radius 3 is 2.72 bits per heavy atom. The molecular weight excluding hydrogens is 386 g/mol. The Labute approximate surface area is 171 Å². The van der Waals surface area contributed by atoms with E-state index < -0.39 is 0 Å². The van der Waals surface area contributed by atoms with Gasteiger partial charge in [0.2, 0.25) is 11.0 Å². The minimum absolute atomic E-state index is 0.131. The van der Waals surface area contributed by atoms with Crippen LogP contribution in [0.15, 0.2) is 54.6 Å². The first-order chi connectivity index (χ1) is 14.3. The van der Waals surface area contributed by atoms with Crippen LogP contribution in [0.2, 0.25) is 0 Å². The molecule has 1 N–H and O–H groups in total. The number of hydrogen-bond acceptors (Lipinski definition) is 6. The standard InChI is InChI=1S/C21H19N5O2S/c27-19(23-21-25-24-20(29-21)14-10-11-14)12-26-17-9-5-4-8-16(17)22-18(26)13-28-15-6-2-1-3-7-15/h1-9,14H,10-13H2,(H,23,25,27).